The van der Waals surface area contributed by atoms with Crippen LogP contribution in [0.5, 0.6) is 0 Å². The highest BCUT2D eigenvalue weighted by Crippen LogP contribution is 2.39. The summed E-state index contributed by atoms with van der Waals surface area (Å²) in [6.45, 7) is 5.14. The van der Waals surface area contributed by atoms with E-state index in [1.807, 2.05) is 18.3 Å². The van der Waals surface area contributed by atoms with Gasteiger partial charge in [0.25, 0.3) is 0 Å². The van der Waals surface area contributed by atoms with Gasteiger partial charge in [-0.05, 0) is 79.7 Å². The third-order valence-electron chi connectivity index (χ3n) is 6.57. The minimum atomic E-state index is 0.569. The highest BCUT2D eigenvalue weighted by Gasteiger charge is 2.24. The minimum absolute atomic E-state index is 0.569. The van der Waals surface area contributed by atoms with Crippen molar-refractivity contribution >= 4 is 22.4 Å². The van der Waals surface area contributed by atoms with Crippen molar-refractivity contribution in [1.29, 1.82) is 0 Å². The minimum Gasteiger partial charge on any atom is -0.472 e. The molecule has 6 heteroatoms. The number of H-pyrrole nitrogens is 1. The largest absolute Gasteiger partial charge is 0.472 e. The van der Waals surface area contributed by atoms with Gasteiger partial charge < -0.3 is 20.0 Å². The first-order valence-corrected chi connectivity index (χ1v) is 10.9. The van der Waals surface area contributed by atoms with E-state index < -0.39 is 0 Å². The maximum absolute atomic E-state index is 5.31. The average Bonchev–Trinajstić information content (AvgIpc) is 3.49. The van der Waals surface area contributed by atoms with E-state index in [-0.39, 0.29) is 0 Å². The van der Waals surface area contributed by atoms with Crippen LogP contribution in [0.2, 0.25) is 0 Å². The number of hydrogen-bond acceptors (Lipinski definition) is 5. The SMILES string of the molecule is CC1=C(c2cc3c(-c4ccoc4)ccnc3[nH]2)c2cc(C3CCNCC3)cnc2NC1. The smallest absolute Gasteiger partial charge is 0.138 e. The van der Waals surface area contributed by atoms with Gasteiger partial charge in [0.2, 0.25) is 0 Å². The first-order chi connectivity index (χ1) is 15.3. The van der Waals surface area contributed by atoms with Crippen LogP contribution in [-0.2, 0) is 0 Å². The molecule has 31 heavy (non-hydrogen) atoms. The Balaban J connectivity index is 1.48. The molecule has 0 bridgehead atoms. The number of nitrogens with one attached hydrogen (secondary N) is 3. The highest BCUT2D eigenvalue weighted by atomic mass is 16.3. The predicted molar refractivity (Wildman–Crippen MR) is 123 cm³/mol. The lowest BCUT2D eigenvalue weighted by Crippen LogP contribution is -2.27. The molecular formula is C25H25N5O. The van der Waals surface area contributed by atoms with Gasteiger partial charge in [0, 0.05) is 46.7 Å². The Hall–Kier alpha value is -3.38. The first kappa shape index (κ1) is 18.4. The quantitative estimate of drug-likeness (QED) is 0.445. The van der Waals surface area contributed by atoms with Gasteiger partial charge in [-0.3, -0.25) is 0 Å². The van der Waals surface area contributed by atoms with Crippen molar-refractivity contribution in [2.45, 2.75) is 25.7 Å². The number of aromatic nitrogens is 3. The van der Waals surface area contributed by atoms with Crippen molar-refractivity contribution < 1.29 is 4.42 Å². The number of piperidine rings is 1. The molecular weight excluding hydrogens is 386 g/mol. The number of fused-ring (bicyclic) bond motifs is 2. The normalized spacial score (nSPS) is 17.1. The van der Waals surface area contributed by atoms with Crippen LogP contribution in [0, 0.1) is 0 Å². The zero-order chi connectivity index (χ0) is 20.8. The number of anilines is 1. The van der Waals surface area contributed by atoms with Gasteiger partial charge in [0.1, 0.15) is 11.5 Å². The molecule has 3 N–H and O–H groups in total. The Morgan fingerprint density at radius 1 is 1.06 bits per heavy atom. The van der Waals surface area contributed by atoms with Gasteiger partial charge in [-0.25, -0.2) is 9.97 Å². The fourth-order valence-corrected chi connectivity index (χ4v) is 4.93. The molecule has 0 amide bonds. The van der Waals surface area contributed by atoms with Gasteiger partial charge in [-0.2, -0.15) is 0 Å². The first-order valence-electron chi connectivity index (χ1n) is 10.9. The molecule has 6 rings (SSSR count). The van der Waals surface area contributed by atoms with E-state index in [1.165, 1.54) is 22.3 Å². The van der Waals surface area contributed by atoms with Crippen LogP contribution in [-0.4, -0.2) is 34.6 Å². The molecule has 0 radical (unpaired) electrons. The summed E-state index contributed by atoms with van der Waals surface area (Å²) in [4.78, 5) is 13.0. The fourth-order valence-electron chi connectivity index (χ4n) is 4.93. The van der Waals surface area contributed by atoms with Gasteiger partial charge in [-0.1, -0.05) is 0 Å². The number of aromatic amines is 1. The number of nitrogens with zero attached hydrogens (tertiary/aromatic N) is 2. The van der Waals surface area contributed by atoms with Crippen LogP contribution in [0.15, 0.2) is 59.2 Å². The summed E-state index contributed by atoms with van der Waals surface area (Å²) in [5, 5.41) is 8.04. The third kappa shape index (κ3) is 3.15. The molecule has 4 aromatic rings. The molecule has 2 aliphatic rings. The summed E-state index contributed by atoms with van der Waals surface area (Å²) in [6.07, 6.45) is 9.72. The fraction of sp³-hybridized carbons (Fsp3) is 0.280. The average molecular weight is 412 g/mol. The van der Waals surface area contributed by atoms with Gasteiger partial charge >= 0.3 is 0 Å². The third-order valence-corrected chi connectivity index (χ3v) is 6.57. The number of rotatable bonds is 3. The van der Waals surface area contributed by atoms with Crippen LogP contribution in [0.25, 0.3) is 27.7 Å². The van der Waals surface area contributed by atoms with E-state index >= 15 is 0 Å². The lowest BCUT2D eigenvalue weighted by Gasteiger charge is -2.26. The lowest BCUT2D eigenvalue weighted by molar-refractivity contribution is 0.459. The van der Waals surface area contributed by atoms with Gasteiger partial charge in [0.05, 0.1) is 12.5 Å². The summed E-state index contributed by atoms with van der Waals surface area (Å²) >= 11 is 0. The van der Waals surface area contributed by atoms with Crippen molar-refractivity contribution in [3.8, 4) is 11.1 Å². The lowest BCUT2D eigenvalue weighted by atomic mass is 9.87. The molecule has 2 aliphatic heterocycles. The van der Waals surface area contributed by atoms with Crippen molar-refractivity contribution in [3.63, 3.8) is 0 Å². The van der Waals surface area contributed by atoms with E-state index in [0.29, 0.717) is 5.92 Å². The summed E-state index contributed by atoms with van der Waals surface area (Å²) < 4.78 is 5.31. The number of furan rings is 1. The maximum atomic E-state index is 5.31. The van der Waals surface area contributed by atoms with Crippen molar-refractivity contribution in [2.24, 2.45) is 0 Å². The number of hydrogen-bond donors (Lipinski definition) is 3. The van der Waals surface area contributed by atoms with Crippen LogP contribution < -0.4 is 10.6 Å². The van der Waals surface area contributed by atoms with Crippen LogP contribution in [0.4, 0.5) is 5.82 Å². The maximum Gasteiger partial charge on any atom is 0.138 e. The van der Waals surface area contributed by atoms with E-state index in [2.05, 4.69) is 45.9 Å². The molecule has 156 valence electrons. The van der Waals surface area contributed by atoms with Gasteiger partial charge in [0.15, 0.2) is 0 Å². The Morgan fingerprint density at radius 3 is 2.81 bits per heavy atom. The second-order valence-corrected chi connectivity index (χ2v) is 8.51. The van der Waals surface area contributed by atoms with Crippen LogP contribution >= 0.6 is 0 Å². The van der Waals surface area contributed by atoms with Gasteiger partial charge in [-0.15, -0.1) is 0 Å². The zero-order valence-corrected chi connectivity index (χ0v) is 17.5. The molecule has 0 saturated carbocycles. The Bertz CT molecular complexity index is 1280. The van der Waals surface area contributed by atoms with E-state index in [4.69, 9.17) is 9.40 Å². The molecule has 1 saturated heterocycles. The molecule has 4 aromatic heterocycles. The standard InChI is InChI=1S/C25H25N5O/c1-15-12-28-24-21(10-18(13-29-24)16-2-6-26-7-3-16)23(15)22-11-20-19(17-5-9-31-14-17)4-8-27-25(20)30-22/h4-5,8-11,13-14,16,26H,2-3,6-7,12H2,1H3,(H,27,30)(H,28,29). The zero-order valence-electron chi connectivity index (χ0n) is 17.5. The summed E-state index contributed by atoms with van der Waals surface area (Å²) in [5.41, 5.74) is 9.19. The van der Waals surface area contributed by atoms with E-state index in [0.717, 1.165) is 66.1 Å². The van der Waals surface area contributed by atoms with Crippen molar-refractivity contribution in [1.82, 2.24) is 20.3 Å². The summed E-state index contributed by atoms with van der Waals surface area (Å²) in [6, 6.07) is 8.59. The molecule has 0 unspecified atom stereocenters. The van der Waals surface area contributed by atoms with E-state index in [9.17, 15) is 0 Å². The van der Waals surface area contributed by atoms with Crippen molar-refractivity contribution in [2.75, 3.05) is 25.0 Å². The molecule has 6 nitrogen and oxygen atoms in total. The molecule has 0 spiro atoms. The second kappa shape index (κ2) is 7.39. The molecule has 6 heterocycles. The predicted octanol–water partition coefficient (Wildman–Crippen LogP) is 4.93. The Kier molecular flexibility index (Phi) is 4.39. The number of pyridine rings is 2. The second-order valence-electron chi connectivity index (χ2n) is 8.51. The molecule has 0 atom stereocenters. The monoisotopic (exact) mass is 411 g/mol. The van der Waals surface area contributed by atoms with E-state index in [1.54, 1.807) is 12.5 Å². The summed E-state index contributed by atoms with van der Waals surface area (Å²) in [7, 11) is 0. The molecule has 0 aliphatic carbocycles. The summed E-state index contributed by atoms with van der Waals surface area (Å²) in [5.74, 6) is 1.53. The molecule has 1 fully saturated rings. The molecule has 0 aromatic carbocycles. The highest BCUT2D eigenvalue weighted by molar-refractivity contribution is 5.98. The van der Waals surface area contributed by atoms with Crippen LogP contribution in [0.1, 0.15) is 42.5 Å². The topological polar surface area (TPSA) is 78.8 Å². The van der Waals surface area contributed by atoms with Crippen molar-refractivity contribution in [3.05, 3.63) is 71.6 Å². The Labute approximate surface area is 180 Å². The van der Waals surface area contributed by atoms with Crippen LogP contribution in [0.3, 0.4) is 0 Å². The Morgan fingerprint density at radius 2 is 1.97 bits per heavy atom.